The quantitative estimate of drug-likeness (QED) is 0.532. The molecule has 1 N–H and O–H groups in total. The molecule has 3 aromatic rings. The van der Waals surface area contributed by atoms with E-state index in [1.165, 1.54) is 16.3 Å². The molecule has 2 heterocycles. The summed E-state index contributed by atoms with van der Waals surface area (Å²) in [5, 5.41) is 21.8. The Balaban J connectivity index is 1.67. The van der Waals surface area contributed by atoms with Gasteiger partial charge in [0, 0.05) is 12.3 Å². The zero-order valence-corrected chi connectivity index (χ0v) is 15.3. The van der Waals surface area contributed by atoms with E-state index in [4.69, 9.17) is 0 Å². The van der Waals surface area contributed by atoms with Crippen molar-refractivity contribution in [3.05, 3.63) is 69.5 Å². The molecule has 1 atom stereocenters. The molecule has 0 aliphatic carbocycles. The lowest BCUT2D eigenvalue weighted by Crippen LogP contribution is -2.25. The number of rotatable bonds is 6. The normalized spacial score (nSPS) is 12.0. The van der Waals surface area contributed by atoms with Crippen LogP contribution in [0, 0.1) is 24.0 Å². The summed E-state index contributed by atoms with van der Waals surface area (Å²) in [7, 11) is 0. The van der Waals surface area contributed by atoms with E-state index in [0.29, 0.717) is 18.1 Å². The fourth-order valence-corrected chi connectivity index (χ4v) is 2.81. The maximum atomic E-state index is 12.5. The van der Waals surface area contributed by atoms with Crippen LogP contribution < -0.4 is 5.32 Å². The molecule has 0 aliphatic heterocycles. The Morgan fingerprint density at radius 3 is 2.70 bits per heavy atom. The van der Waals surface area contributed by atoms with Crippen molar-refractivity contribution in [2.24, 2.45) is 0 Å². The molecular weight excluding hydrogens is 348 g/mol. The molecule has 0 saturated heterocycles. The van der Waals surface area contributed by atoms with Crippen molar-refractivity contribution in [1.29, 1.82) is 0 Å². The van der Waals surface area contributed by atoms with Crippen LogP contribution in [-0.2, 0) is 11.3 Å². The summed E-state index contributed by atoms with van der Waals surface area (Å²) in [4.78, 5) is 22.7. The summed E-state index contributed by atoms with van der Waals surface area (Å²) in [6, 6.07) is 10.4. The predicted octanol–water partition coefficient (Wildman–Crippen LogP) is 2.85. The summed E-state index contributed by atoms with van der Waals surface area (Å²) >= 11 is 0. The number of nitrogens with one attached hydrogen (secondary N) is 1. The highest BCUT2D eigenvalue weighted by molar-refractivity contribution is 5.92. The van der Waals surface area contributed by atoms with Crippen LogP contribution in [0.1, 0.15) is 29.8 Å². The average molecular weight is 368 g/mol. The van der Waals surface area contributed by atoms with Gasteiger partial charge in [0.15, 0.2) is 5.82 Å². The van der Waals surface area contributed by atoms with Gasteiger partial charge in [0.25, 0.3) is 5.91 Å². The number of carbonyl (C=O) groups is 1. The zero-order chi connectivity index (χ0) is 19.6. The minimum absolute atomic E-state index is 0.283. The molecule has 0 saturated carbocycles. The first-order valence-corrected chi connectivity index (χ1v) is 8.44. The third kappa shape index (κ3) is 4.20. The van der Waals surface area contributed by atoms with Crippen LogP contribution in [0.5, 0.6) is 0 Å². The van der Waals surface area contributed by atoms with Gasteiger partial charge in [0.2, 0.25) is 0 Å². The first kappa shape index (κ1) is 18.3. The maximum Gasteiger partial charge on any atom is 0.390 e. The number of hydrogen-bond acceptors (Lipinski definition) is 5. The van der Waals surface area contributed by atoms with Crippen molar-refractivity contribution in [2.45, 2.75) is 33.4 Å². The van der Waals surface area contributed by atoms with Gasteiger partial charge < -0.3 is 15.4 Å². The Kier molecular flexibility index (Phi) is 5.02. The van der Waals surface area contributed by atoms with E-state index >= 15 is 0 Å². The molecule has 3 rings (SSSR count). The van der Waals surface area contributed by atoms with Gasteiger partial charge in [-0.2, -0.15) is 9.78 Å². The molecule has 9 heteroatoms. The summed E-state index contributed by atoms with van der Waals surface area (Å²) in [6.45, 7) is 5.92. The highest BCUT2D eigenvalue weighted by Gasteiger charge is 2.25. The lowest BCUT2D eigenvalue weighted by Gasteiger charge is -2.10. The van der Waals surface area contributed by atoms with Crippen molar-refractivity contribution in [3.63, 3.8) is 0 Å². The fourth-order valence-electron chi connectivity index (χ4n) is 2.81. The molecule has 1 unspecified atom stereocenters. The standard InChI is InChI=1S/C18H20N6O3/c1-12-5-4-6-15(9-12)11-22-8-7-16(20-22)19-18(25)14(3)23-13(2)10-17(21-23)24(26)27/h4-10,14H,11H2,1-3H3,(H,19,20,25). The number of aromatic nitrogens is 4. The Morgan fingerprint density at radius 1 is 1.26 bits per heavy atom. The molecule has 0 bridgehead atoms. The number of benzene rings is 1. The highest BCUT2D eigenvalue weighted by atomic mass is 16.6. The molecule has 0 fully saturated rings. The molecule has 1 aromatic carbocycles. The molecule has 2 aromatic heterocycles. The van der Waals surface area contributed by atoms with Crippen molar-refractivity contribution in [3.8, 4) is 0 Å². The lowest BCUT2D eigenvalue weighted by atomic mass is 10.1. The largest absolute Gasteiger partial charge is 0.390 e. The van der Waals surface area contributed by atoms with Crippen molar-refractivity contribution in [2.75, 3.05) is 5.32 Å². The van der Waals surface area contributed by atoms with Crippen molar-refractivity contribution < 1.29 is 9.72 Å². The number of carbonyl (C=O) groups excluding carboxylic acids is 1. The first-order chi connectivity index (χ1) is 12.8. The second kappa shape index (κ2) is 7.40. The number of nitro groups is 1. The molecule has 0 aliphatic rings. The van der Waals surface area contributed by atoms with Gasteiger partial charge in [-0.25, -0.2) is 0 Å². The van der Waals surface area contributed by atoms with Crippen LogP contribution in [0.2, 0.25) is 0 Å². The molecule has 0 radical (unpaired) electrons. The first-order valence-electron chi connectivity index (χ1n) is 8.44. The minimum atomic E-state index is -0.708. The van der Waals surface area contributed by atoms with Crippen molar-refractivity contribution >= 4 is 17.5 Å². The van der Waals surface area contributed by atoms with Gasteiger partial charge in [-0.1, -0.05) is 29.8 Å². The second-order valence-corrected chi connectivity index (χ2v) is 6.40. The zero-order valence-electron chi connectivity index (χ0n) is 15.3. The van der Waals surface area contributed by atoms with Crippen molar-refractivity contribution in [1.82, 2.24) is 19.6 Å². The number of hydrogen-bond donors (Lipinski definition) is 1. The Bertz CT molecular complexity index is 991. The third-order valence-electron chi connectivity index (χ3n) is 4.16. The van der Waals surface area contributed by atoms with Crippen LogP contribution in [0.25, 0.3) is 0 Å². The van der Waals surface area contributed by atoms with E-state index in [0.717, 1.165) is 5.56 Å². The fraction of sp³-hybridized carbons (Fsp3) is 0.278. The van der Waals surface area contributed by atoms with Crippen LogP contribution >= 0.6 is 0 Å². The van der Waals surface area contributed by atoms with E-state index in [2.05, 4.69) is 21.6 Å². The summed E-state index contributed by atoms with van der Waals surface area (Å²) in [6.07, 6.45) is 1.78. The lowest BCUT2D eigenvalue weighted by molar-refractivity contribution is -0.389. The molecule has 1 amide bonds. The maximum absolute atomic E-state index is 12.5. The molecular formula is C18H20N6O3. The van der Waals surface area contributed by atoms with Crippen LogP contribution in [-0.4, -0.2) is 30.4 Å². The van der Waals surface area contributed by atoms with Gasteiger partial charge >= 0.3 is 5.82 Å². The SMILES string of the molecule is Cc1cccc(Cn2ccc(NC(=O)C(C)n3nc([N+](=O)[O-])cc3C)n2)c1. The Hall–Kier alpha value is -3.49. The Labute approximate surface area is 155 Å². The van der Waals surface area contributed by atoms with Crippen LogP contribution in [0.3, 0.4) is 0 Å². The predicted molar refractivity (Wildman–Crippen MR) is 99.5 cm³/mol. The minimum Gasteiger partial charge on any atom is -0.358 e. The number of amides is 1. The van der Waals surface area contributed by atoms with Gasteiger partial charge in [-0.3, -0.25) is 9.48 Å². The number of aryl methyl sites for hydroxylation is 2. The van der Waals surface area contributed by atoms with E-state index < -0.39 is 11.0 Å². The van der Waals surface area contributed by atoms with E-state index in [1.54, 1.807) is 30.8 Å². The topological polar surface area (TPSA) is 108 Å². The van der Waals surface area contributed by atoms with Gasteiger partial charge in [-0.05, 0) is 31.3 Å². The van der Waals surface area contributed by atoms with E-state index in [9.17, 15) is 14.9 Å². The molecule has 27 heavy (non-hydrogen) atoms. The average Bonchev–Trinajstić information content (AvgIpc) is 3.20. The van der Waals surface area contributed by atoms with E-state index in [1.807, 2.05) is 25.1 Å². The third-order valence-corrected chi connectivity index (χ3v) is 4.16. The smallest absolute Gasteiger partial charge is 0.358 e. The summed E-state index contributed by atoms with van der Waals surface area (Å²) in [5.74, 6) is -0.217. The summed E-state index contributed by atoms with van der Waals surface area (Å²) in [5.41, 5.74) is 2.82. The van der Waals surface area contributed by atoms with E-state index in [-0.39, 0.29) is 11.7 Å². The molecule has 0 spiro atoms. The summed E-state index contributed by atoms with van der Waals surface area (Å²) < 4.78 is 3.07. The highest BCUT2D eigenvalue weighted by Crippen LogP contribution is 2.17. The van der Waals surface area contributed by atoms with Gasteiger partial charge in [0.1, 0.15) is 6.04 Å². The molecule has 9 nitrogen and oxygen atoms in total. The number of anilines is 1. The molecule has 140 valence electrons. The van der Waals surface area contributed by atoms with Crippen LogP contribution in [0.15, 0.2) is 42.6 Å². The Morgan fingerprint density at radius 2 is 2.04 bits per heavy atom. The van der Waals surface area contributed by atoms with Gasteiger partial charge in [-0.15, -0.1) is 0 Å². The second-order valence-electron chi connectivity index (χ2n) is 6.40. The van der Waals surface area contributed by atoms with Crippen LogP contribution in [0.4, 0.5) is 11.6 Å². The number of nitrogens with zero attached hydrogens (tertiary/aromatic N) is 5. The monoisotopic (exact) mass is 368 g/mol. The van der Waals surface area contributed by atoms with Gasteiger partial charge in [0.05, 0.1) is 23.4 Å².